The van der Waals surface area contributed by atoms with Crippen molar-refractivity contribution in [1.29, 1.82) is 0 Å². The van der Waals surface area contributed by atoms with Crippen molar-refractivity contribution in [2.75, 3.05) is 0 Å². The van der Waals surface area contributed by atoms with Crippen LogP contribution >= 0.6 is 0 Å². The van der Waals surface area contributed by atoms with Gasteiger partial charge in [-0.25, -0.2) is 0 Å². The molecule has 0 aromatic carbocycles. The summed E-state index contributed by atoms with van der Waals surface area (Å²) >= 11 is 0. The monoisotopic (exact) mass is 165 g/mol. The lowest BCUT2D eigenvalue weighted by Crippen LogP contribution is -2.14. The first-order chi connectivity index (χ1) is 5.68. The van der Waals surface area contributed by atoms with E-state index in [1.807, 2.05) is 25.1 Å². The Morgan fingerprint density at radius 3 is 3.00 bits per heavy atom. The minimum atomic E-state index is 0.219. The van der Waals surface area contributed by atoms with E-state index in [0.29, 0.717) is 0 Å². The van der Waals surface area contributed by atoms with E-state index in [-0.39, 0.29) is 6.04 Å². The van der Waals surface area contributed by atoms with Gasteiger partial charge in [0.15, 0.2) is 0 Å². The molecule has 0 aliphatic rings. The maximum atomic E-state index is 5.65. The molecule has 0 aliphatic carbocycles. The number of furan rings is 1. The van der Waals surface area contributed by atoms with Gasteiger partial charge in [0.1, 0.15) is 5.76 Å². The second kappa shape index (κ2) is 4.12. The van der Waals surface area contributed by atoms with Gasteiger partial charge in [0.25, 0.3) is 0 Å². The third kappa shape index (κ3) is 2.93. The van der Waals surface area contributed by atoms with Crippen molar-refractivity contribution in [1.82, 2.24) is 0 Å². The van der Waals surface area contributed by atoms with E-state index >= 15 is 0 Å². The zero-order valence-corrected chi connectivity index (χ0v) is 7.58. The smallest absolute Gasteiger partial charge is 0.126 e. The lowest BCUT2D eigenvalue weighted by Gasteiger charge is -2.03. The maximum Gasteiger partial charge on any atom is 0.126 e. The highest BCUT2D eigenvalue weighted by atomic mass is 16.3. The van der Waals surface area contributed by atoms with Crippen molar-refractivity contribution in [3.63, 3.8) is 0 Å². The van der Waals surface area contributed by atoms with Gasteiger partial charge in [-0.2, -0.15) is 0 Å². The molecule has 0 aliphatic heterocycles. The summed E-state index contributed by atoms with van der Waals surface area (Å²) in [5.41, 5.74) is 6.90. The lowest BCUT2D eigenvalue weighted by molar-refractivity contribution is 0.556. The standard InChI is InChI=1S/C10H15NO/c1-8(6-9(2)11)7-10-4-3-5-12-10/h3-5,7,9H,6,11H2,1-2H3/b8-7+/t9-/m0/s1. The molecule has 0 saturated heterocycles. The van der Waals surface area contributed by atoms with Gasteiger partial charge in [-0.3, -0.25) is 0 Å². The van der Waals surface area contributed by atoms with Gasteiger partial charge in [0.2, 0.25) is 0 Å². The Kier molecular flexibility index (Phi) is 3.11. The number of hydrogen-bond donors (Lipinski definition) is 1. The van der Waals surface area contributed by atoms with E-state index in [2.05, 4.69) is 6.92 Å². The van der Waals surface area contributed by atoms with Crippen LogP contribution in [0.3, 0.4) is 0 Å². The molecule has 2 nitrogen and oxygen atoms in total. The molecule has 0 bridgehead atoms. The third-order valence-corrected chi connectivity index (χ3v) is 1.58. The Bertz CT molecular complexity index is 247. The first-order valence-corrected chi connectivity index (χ1v) is 4.15. The molecule has 1 atom stereocenters. The fraction of sp³-hybridized carbons (Fsp3) is 0.400. The first-order valence-electron chi connectivity index (χ1n) is 4.15. The first kappa shape index (κ1) is 9.07. The highest BCUT2D eigenvalue weighted by Crippen LogP contribution is 2.10. The minimum Gasteiger partial charge on any atom is -0.465 e. The molecule has 1 rings (SSSR count). The highest BCUT2D eigenvalue weighted by Gasteiger charge is 1.97. The van der Waals surface area contributed by atoms with Gasteiger partial charge in [-0.15, -0.1) is 0 Å². The maximum absolute atomic E-state index is 5.65. The molecule has 0 spiro atoms. The van der Waals surface area contributed by atoms with Crippen LogP contribution in [0.25, 0.3) is 6.08 Å². The van der Waals surface area contributed by atoms with Gasteiger partial charge >= 0.3 is 0 Å². The molecule has 2 N–H and O–H groups in total. The van der Waals surface area contributed by atoms with Crippen LogP contribution in [0, 0.1) is 0 Å². The number of hydrogen-bond acceptors (Lipinski definition) is 2. The summed E-state index contributed by atoms with van der Waals surface area (Å²) < 4.78 is 5.17. The van der Waals surface area contributed by atoms with Crippen molar-refractivity contribution in [3.05, 3.63) is 29.7 Å². The molecule has 0 radical (unpaired) electrons. The highest BCUT2D eigenvalue weighted by molar-refractivity contribution is 5.46. The molecule has 0 saturated carbocycles. The van der Waals surface area contributed by atoms with Gasteiger partial charge in [-0.1, -0.05) is 5.57 Å². The molecule has 1 aromatic rings. The molecule has 66 valence electrons. The van der Waals surface area contributed by atoms with Gasteiger partial charge in [0, 0.05) is 6.04 Å². The second-order valence-corrected chi connectivity index (χ2v) is 3.19. The van der Waals surface area contributed by atoms with Crippen molar-refractivity contribution < 1.29 is 4.42 Å². The van der Waals surface area contributed by atoms with Gasteiger partial charge in [0.05, 0.1) is 6.26 Å². The molecule has 0 fully saturated rings. The fourth-order valence-corrected chi connectivity index (χ4v) is 1.18. The van der Waals surface area contributed by atoms with E-state index in [1.165, 1.54) is 5.57 Å². The number of rotatable bonds is 3. The third-order valence-electron chi connectivity index (χ3n) is 1.58. The molecule has 0 amide bonds. The summed E-state index contributed by atoms with van der Waals surface area (Å²) in [7, 11) is 0. The van der Waals surface area contributed by atoms with Crippen LogP contribution in [0.1, 0.15) is 26.0 Å². The van der Waals surface area contributed by atoms with Crippen LogP contribution in [-0.4, -0.2) is 6.04 Å². The zero-order valence-electron chi connectivity index (χ0n) is 7.58. The van der Waals surface area contributed by atoms with Crippen molar-refractivity contribution in [2.45, 2.75) is 26.3 Å². The summed E-state index contributed by atoms with van der Waals surface area (Å²) in [6.07, 6.45) is 4.61. The topological polar surface area (TPSA) is 39.2 Å². The van der Waals surface area contributed by atoms with Gasteiger partial charge < -0.3 is 10.2 Å². The quantitative estimate of drug-likeness (QED) is 0.747. The van der Waals surface area contributed by atoms with Gasteiger partial charge in [-0.05, 0) is 38.5 Å². The van der Waals surface area contributed by atoms with Crippen LogP contribution in [0.5, 0.6) is 0 Å². The lowest BCUT2D eigenvalue weighted by atomic mass is 10.1. The molecule has 2 heteroatoms. The fourth-order valence-electron chi connectivity index (χ4n) is 1.18. The SMILES string of the molecule is C/C(=C\c1ccco1)C[C@H](C)N. The Hall–Kier alpha value is -1.02. The summed E-state index contributed by atoms with van der Waals surface area (Å²) in [5.74, 6) is 0.896. The van der Waals surface area contributed by atoms with Crippen LogP contribution in [0.15, 0.2) is 28.4 Å². The van der Waals surface area contributed by atoms with E-state index in [9.17, 15) is 0 Å². The largest absolute Gasteiger partial charge is 0.465 e. The molecule has 0 unspecified atom stereocenters. The predicted octanol–water partition coefficient (Wildman–Crippen LogP) is 2.42. The average Bonchev–Trinajstić information content (AvgIpc) is 2.37. The number of nitrogens with two attached hydrogens (primary N) is 1. The van der Waals surface area contributed by atoms with E-state index in [4.69, 9.17) is 10.2 Å². The normalized spacial score (nSPS) is 14.8. The average molecular weight is 165 g/mol. The Morgan fingerprint density at radius 2 is 2.50 bits per heavy atom. The van der Waals surface area contributed by atoms with Crippen LogP contribution in [0.2, 0.25) is 0 Å². The summed E-state index contributed by atoms with van der Waals surface area (Å²) in [5, 5.41) is 0. The van der Waals surface area contributed by atoms with E-state index in [1.54, 1.807) is 6.26 Å². The summed E-state index contributed by atoms with van der Waals surface area (Å²) in [4.78, 5) is 0. The Labute approximate surface area is 73.1 Å². The van der Waals surface area contributed by atoms with Crippen molar-refractivity contribution in [2.24, 2.45) is 5.73 Å². The molecule has 12 heavy (non-hydrogen) atoms. The Balaban J connectivity index is 2.57. The molecule has 1 aromatic heterocycles. The van der Waals surface area contributed by atoms with E-state index in [0.717, 1.165) is 12.2 Å². The minimum absolute atomic E-state index is 0.219. The predicted molar refractivity (Wildman–Crippen MR) is 50.6 cm³/mol. The summed E-state index contributed by atoms with van der Waals surface area (Å²) in [6.45, 7) is 4.06. The van der Waals surface area contributed by atoms with Crippen molar-refractivity contribution in [3.8, 4) is 0 Å². The van der Waals surface area contributed by atoms with Crippen LogP contribution < -0.4 is 5.73 Å². The zero-order chi connectivity index (χ0) is 8.97. The van der Waals surface area contributed by atoms with Crippen LogP contribution in [0.4, 0.5) is 0 Å². The molecular weight excluding hydrogens is 150 g/mol. The van der Waals surface area contributed by atoms with Crippen LogP contribution in [-0.2, 0) is 0 Å². The molecular formula is C10H15NO. The Morgan fingerprint density at radius 1 is 1.75 bits per heavy atom. The van der Waals surface area contributed by atoms with E-state index < -0.39 is 0 Å². The second-order valence-electron chi connectivity index (χ2n) is 3.19. The molecule has 1 heterocycles. The summed E-state index contributed by atoms with van der Waals surface area (Å²) in [6, 6.07) is 4.03. The van der Waals surface area contributed by atoms with Crippen molar-refractivity contribution >= 4 is 6.08 Å².